The summed E-state index contributed by atoms with van der Waals surface area (Å²) in [6.07, 6.45) is 0.644. The Hall–Kier alpha value is -0.180. The first-order chi connectivity index (χ1) is 6.45. The summed E-state index contributed by atoms with van der Waals surface area (Å²) in [6.45, 7) is 8.97. The second kappa shape index (κ2) is 6.33. The van der Waals surface area contributed by atoms with Gasteiger partial charge < -0.3 is 4.74 Å². The average molecular weight is 265 g/mol. The van der Waals surface area contributed by atoms with Crippen LogP contribution in [0.1, 0.15) is 27.7 Å². The highest BCUT2D eigenvalue weighted by atomic mass is 79.9. The van der Waals surface area contributed by atoms with Gasteiger partial charge in [0.1, 0.15) is 5.01 Å². The maximum Gasteiger partial charge on any atom is 0.373 e. The Morgan fingerprint density at radius 2 is 1.43 bits per heavy atom. The number of ether oxygens (including phenoxy) is 1. The van der Waals surface area contributed by atoms with Crippen molar-refractivity contribution in [2.45, 2.75) is 38.8 Å². The van der Waals surface area contributed by atoms with Crippen molar-refractivity contribution in [2.75, 3.05) is 0 Å². The van der Waals surface area contributed by atoms with Crippen LogP contribution in [-0.2, 0) is 14.3 Å². The molecule has 4 heteroatoms. The third-order valence-corrected chi connectivity index (χ3v) is 4.21. The molecule has 0 aromatic heterocycles. The molecule has 0 saturated carbocycles. The largest absolute Gasteiger partial charge is 0.373 e. The fraction of sp³-hybridized carbons (Fsp3) is 0.900. The van der Waals surface area contributed by atoms with E-state index >= 15 is 0 Å². The van der Waals surface area contributed by atoms with Gasteiger partial charge in [-0.2, -0.15) is 9.59 Å². The number of rotatable bonds is 0. The lowest BCUT2D eigenvalue weighted by Crippen LogP contribution is -2.40. The molecule has 2 unspecified atom stereocenters. The summed E-state index contributed by atoms with van der Waals surface area (Å²) < 4.78 is 5.70. The Bertz CT molecular complexity index is 188. The predicted molar refractivity (Wildman–Crippen MR) is 55.8 cm³/mol. The van der Waals surface area contributed by atoms with Crippen LogP contribution in [0.15, 0.2) is 0 Å². The van der Waals surface area contributed by atoms with Crippen molar-refractivity contribution in [1.29, 1.82) is 0 Å². The maximum absolute atomic E-state index is 8.12. The second-order valence-electron chi connectivity index (χ2n) is 3.85. The van der Waals surface area contributed by atoms with E-state index in [0.717, 1.165) is 5.92 Å². The molecule has 14 heavy (non-hydrogen) atoms. The lowest BCUT2D eigenvalue weighted by Gasteiger charge is -2.40. The van der Waals surface area contributed by atoms with Gasteiger partial charge in [-0.15, -0.1) is 0 Å². The molecule has 1 aliphatic heterocycles. The fourth-order valence-electron chi connectivity index (χ4n) is 1.60. The molecular weight excluding hydrogens is 248 g/mol. The molecule has 3 nitrogen and oxygen atoms in total. The van der Waals surface area contributed by atoms with Gasteiger partial charge in [-0.3, -0.25) is 0 Å². The lowest BCUT2D eigenvalue weighted by atomic mass is 9.80. The van der Waals surface area contributed by atoms with Crippen molar-refractivity contribution in [1.82, 2.24) is 0 Å². The van der Waals surface area contributed by atoms with E-state index in [4.69, 9.17) is 14.3 Å². The average Bonchev–Trinajstić information content (AvgIpc) is 2.13. The minimum absolute atomic E-state index is 0.250. The normalized spacial score (nSPS) is 41.9. The zero-order valence-electron chi connectivity index (χ0n) is 8.99. The zero-order valence-corrected chi connectivity index (χ0v) is 10.6. The highest BCUT2D eigenvalue weighted by molar-refractivity contribution is 9.09. The number of alkyl halides is 1. The quantitative estimate of drug-likeness (QED) is 0.632. The van der Waals surface area contributed by atoms with Crippen LogP contribution in [0, 0.1) is 17.8 Å². The minimum atomic E-state index is 0.250. The van der Waals surface area contributed by atoms with Gasteiger partial charge in [0.2, 0.25) is 0 Å². The lowest BCUT2D eigenvalue weighted by molar-refractivity contribution is -0.191. The molecule has 82 valence electrons. The maximum atomic E-state index is 8.12. The standard InChI is InChI=1S/C9H17BrO.CO2/c1-5-6(2)8(4)11-9(10)7(5)3;2-1-3/h5-9H,1-4H3;/t5-,6-,7?,8?,9-;/m0./s1. The summed E-state index contributed by atoms with van der Waals surface area (Å²) in [4.78, 5) is 16.2. The topological polar surface area (TPSA) is 43.4 Å². The van der Waals surface area contributed by atoms with E-state index in [1.165, 1.54) is 0 Å². The van der Waals surface area contributed by atoms with E-state index in [1.54, 1.807) is 0 Å². The van der Waals surface area contributed by atoms with E-state index in [9.17, 15) is 0 Å². The van der Waals surface area contributed by atoms with E-state index in [2.05, 4.69) is 43.6 Å². The number of carbonyl (C=O) groups excluding carboxylic acids is 2. The SMILES string of the molecule is CC1O[C@H](Br)C(C)[C@@H](C)[C@@H]1C.O=C=O. The Balaban J connectivity index is 0.000000500. The highest BCUT2D eigenvalue weighted by Crippen LogP contribution is 2.36. The van der Waals surface area contributed by atoms with Crippen molar-refractivity contribution >= 4 is 22.1 Å². The molecule has 0 spiro atoms. The van der Waals surface area contributed by atoms with Crippen LogP contribution in [0.4, 0.5) is 0 Å². The first kappa shape index (κ1) is 13.8. The zero-order chi connectivity index (χ0) is 11.3. The van der Waals surface area contributed by atoms with Gasteiger partial charge in [-0.05, 0) is 24.7 Å². The molecule has 0 aliphatic carbocycles. The Labute approximate surface area is 93.3 Å². The van der Waals surface area contributed by atoms with E-state index in [1.807, 2.05) is 0 Å². The number of hydrogen-bond acceptors (Lipinski definition) is 3. The summed E-state index contributed by atoms with van der Waals surface area (Å²) in [5.74, 6) is 2.06. The molecule has 1 heterocycles. The van der Waals surface area contributed by atoms with Crippen molar-refractivity contribution in [2.24, 2.45) is 17.8 Å². The van der Waals surface area contributed by atoms with Crippen LogP contribution < -0.4 is 0 Å². The third-order valence-electron chi connectivity index (χ3n) is 3.16. The van der Waals surface area contributed by atoms with Crippen molar-refractivity contribution in [3.63, 3.8) is 0 Å². The predicted octanol–water partition coefficient (Wildman–Crippen LogP) is 2.45. The van der Waals surface area contributed by atoms with Crippen molar-refractivity contribution < 1.29 is 14.3 Å². The molecule has 0 N–H and O–H groups in total. The third kappa shape index (κ3) is 3.52. The first-order valence-corrected chi connectivity index (χ1v) is 5.66. The van der Waals surface area contributed by atoms with E-state index < -0.39 is 0 Å². The Morgan fingerprint density at radius 3 is 1.86 bits per heavy atom. The van der Waals surface area contributed by atoms with Crippen LogP contribution in [0.25, 0.3) is 0 Å². The van der Waals surface area contributed by atoms with Crippen LogP contribution >= 0.6 is 15.9 Å². The molecule has 1 rings (SSSR count). The van der Waals surface area contributed by atoms with E-state index in [-0.39, 0.29) is 11.2 Å². The van der Waals surface area contributed by atoms with Gasteiger partial charge in [-0.1, -0.05) is 36.7 Å². The summed E-state index contributed by atoms with van der Waals surface area (Å²) >= 11 is 3.54. The molecule has 5 atom stereocenters. The Morgan fingerprint density at radius 1 is 1.00 bits per heavy atom. The molecule has 0 radical (unpaired) electrons. The van der Waals surface area contributed by atoms with Crippen LogP contribution in [-0.4, -0.2) is 17.3 Å². The summed E-state index contributed by atoms with van der Waals surface area (Å²) in [5.41, 5.74) is 0. The molecule has 0 aromatic rings. The molecule has 0 amide bonds. The van der Waals surface area contributed by atoms with Gasteiger partial charge in [0.25, 0.3) is 0 Å². The fourth-order valence-corrected chi connectivity index (χ4v) is 2.42. The molecular formula is C10H17BrO3. The van der Waals surface area contributed by atoms with Crippen LogP contribution in [0.2, 0.25) is 0 Å². The molecule has 0 bridgehead atoms. The monoisotopic (exact) mass is 264 g/mol. The van der Waals surface area contributed by atoms with Crippen molar-refractivity contribution in [3.8, 4) is 0 Å². The highest BCUT2D eigenvalue weighted by Gasteiger charge is 2.35. The van der Waals surface area contributed by atoms with Crippen LogP contribution in [0.3, 0.4) is 0 Å². The summed E-state index contributed by atoms with van der Waals surface area (Å²) in [6, 6.07) is 0. The minimum Gasteiger partial charge on any atom is -0.363 e. The van der Waals surface area contributed by atoms with E-state index in [0.29, 0.717) is 17.9 Å². The van der Waals surface area contributed by atoms with Crippen molar-refractivity contribution in [3.05, 3.63) is 0 Å². The number of hydrogen-bond donors (Lipinski definition) is 0. The van der Waals surface area contributed by atoms with Gasteiger partial charge in [0.05, 0.1) is 6.10 Å². The summed E-state index contributed by atoms with van der Waals surface area (Å²) in [5, 5.41) is 0.253. The molecule has 0 aromatic carbocycles. The first-order valence-electron chi connectivity index (χ1n) is 4.74. The Kier molecular flexibility index (Phi) is 6.25. The van der Waals surface area contributed by atoms with Gasteiger partial charge in [0, 0.05) is 0 Å². The van der Waals surface area contributed by atoms with Crippen LogP contribution in [0.5, 0.6) is 0 Å². The smallest absolute Gasteiger partial charge is 0.363 e. The van der Waals surface area contributed by atoms with Gasteiger partial charge in [0.15, 0.2) is 0 Å². The van der Waals surface area contributed by atoms with Gasteiger partial charge >= 0.3 is 6.15 Å². The second-order valence-corrected chi connectivity index (χ2v) is 4.76. The molecule has 1 saturated heterocycles. The molecule has 1 aliphatic rings. The van der Waals surface area contributed by atoms with Gasteiger partial charge in [-0.25, -0.2) is 0 Å². The summed E-state index contributed by atoms with van der Waals surface area (Å²) in [7, 11) is 0. The molecule has 1 fully saturated rings. The number of halogens is 1.